The zero-order chi connectivity index (χ0) is 6.85. The number of hydrogen-bond donors (Lipinski definition) is 2. The molecule has 1 heterocycles. The van der Waals surface area contributed by atoms with E-state index in [-0.39, 0.29) is 6.61 Å². The largest absolute Gasteiger partial charge is 0.390 e. The van der Waals surface area contributed by atoms with Gasteiger partial charge in [0.1, 0.15) is 5.69 Å². The van der Waals surface area contributed by atoms with Crippen molar-refractivity contribution in [1.82, 2.24) is 10.2 Å². The number of rotatable bonds is 1. The van der Waals surface area contributed by atoms with Gasteiger partial charge in [0.25, 0.3) is 0 Å². The van der Waals surface area contributed by atoms with E-state index in [1.807, 2.05) is 0 Å². The van der Waals surface area contributed by atoms with Crippen molar-refractivity contribution in [3.8, 4) is 0 Å². The van der Waals surface area contributed by atoms with E-state index in [2.05, 4.69) is 5.10 Å². The first-order chi connectivity index (χ1) is 4.24. The average Bonchev–Trinajstić information content (AvgIpc) is 2.10. The summed E-state index contributed by atoms with van der Waals surface area (Å²) in [6, 6.07) is 0. The Morgan fingerprint density at radius 3 is 3.12 bits per heavy atom. The van der Waals surface area contributed by atoms with Gasteiger partial charge < -0.3 is 5.11 Å². The molecular formula is C4H5ClN2O. The third kappa shape index (κ3) is 0.827. The second-order valence-electron chi connectivity index (χ2n) is 1.30. The molecule has 0 amide bonds. The topological polar surface area (TPSA) is 48.9 Å². The van der Waals surface area contributed by atoms with Crippen molar-refractivity contribution in [2.45, 2.75) is 6.61 Å². The Labute approximate surface area is 52.8 Å². The molecule has 0 aliphatic carbocycles. The van der Waals surface area contributed by atoms with Crippen LogP contribution >= 0.6 is 11.6 Å². The summed E-state index contributed by atoms with van der Waals surface area (Å²) in [6.07, 6.45) is 1.31. The molecule has 0 spiro atoms. The fraction of sp³-hybridized carbons (Fsp3) is 0.250. The van der Waals surface area contributed by atoms with Gasteiger partial charge in [0.05, 0.1) is 11.6 Å². The molecule has 1 aromatic heterocycles. The molecular weight excluding hydrogens is 128 g/mol. The molecule has 0 radical (unpaired) electrons. The Bertz CT molecular complexity index is 212. The average molecular weight is 134 g/mol. The van der Waals surface area contributed by atoms with Crippen LogP contribution in [0.1, 0.15) is 5.69 Å². The zero-order valence-electron chi connectivity index (χ0n) is 5.00. The summed E-state index contributed by atoms with van der Waals surface area (Å²) in [5, 5.41) is 13.2. The predicted molar refractivity (Wildman–Crippen MR) is 29.5 cm³/mol. The first kappa shape index (κ1) is 4.35. The second-order valence-corrected chi connectivity index (χ2v) is 1.70. The van der Waals surface area contributed by atoms with Gasteiger partial charge in [-0.3, -0.25) is 5.09 Å². The molecule has 44 valence electrons. The van der Waals surface area contributed by atoms with Crippen molar-refractivity contribution in [3.05, 3.63) is 16.9 Å². The fourth-order valence-corrected chi connectivity index (χ4v) is 0.520. The molecule has 2 N–H and O–H groups in total. The molecule has 1 rings (SSSR count). The summed E-state index contributed by atoms with van der Waals surface area (Å²) in [7, 11) is 0. The SMILES string of the molecule is [2H]n1cc(Cl)c(CO)n1. The Balaban J connectivity index is 3.01. The molecule has 0 aromatic carbocycles. The maximum atomic E-state index is 8.49. The van der Waals surface area contributed by atoms with Crippen molar-refractivity contribution in [2.75, 3.05) is 0 Å². The van der Waals surface area contributed by atoms with Crippen molar-refractivity contribution < 1.29 is 6.52 Å². The first-order valence-corrected chi connectivity index (χ1v) is 2.46. The highest BCUT2D eigenvalue weighted by molar-refractivity contribution is 6.31. The van der Waals surface area contributed by atoms with E-state index >= 15 is 0 Å². The highest BCUT2D eigenvalue weighted by Crippen LogP contribution is 2.09. The van der Waals surface area contributed by atoms with E-state index in [9.17, 15) is 0 Å². The van der Waals surface area contributed by atoms with Crippen LogP contribution in [0.4, 0.5) is 0 Å². The van der Waals surface area contributed by atoms with Crippen LogP contribution in [0.3, 0.4) is 0 Å². The molecule has 0 aliphatic rings. The van der Waals surface area contributed by atoms with Gasteiger partial charge in [0.2, 0.25) is 0 Å². The predicted octanol–water partition coefficient (Wildman–Crippen LogP) is 0.555. The fourth-order valence-electron chi connectivity index (χ4n) is 0.379. The summed E-state index contributed by atoms with van der Waals surface area (Å²) < 4.78 is 6.87. The number of halogens is 1. The van der Waals surface area contributed by atoms with Gasteiger partial charge in [-0.25, -0.2) is 0 Å². The van der Waals surface area contributed by atoms with E-state index in [0.717, 1.165) is 5.09 Å². The maximum Gasteiger partial charge on any atom is 0.189 e. The molecule has 0 aliphatic heterocycles. The van der Waals surface area contributed by atoms with Gasteiger partial charge in [-0.2, -0.15) is 5.10 Å². The first-order valence-electron chi connectivity index (χ1n) is 2.53. The highest BCUT2D eigenvalue weighted by Gasteiger charge is 1.97. The third-order valence-corrected chi connectivity index (χ3v) is 1.09. The molecule has 4 heteroatoms. The molecule has 3 nitrogen and oxygen atoms in total. The Morgan fingerprint density at radius 1 is 2.12 bits per heavy atom. The lowest BCUT2D eigenvalue weighted by Gasteiger charge is -1.82. The second kappa shape index (κ2) is 2.15. The van der Waals surface area contributed by atoms with Gasteiger partial charge >= 0.3 is 0 Å². The molecule has 0 unspecified atom stereocenters. The lowest BCUT2D eigenvalue weighted by atomic mass is 10.5. The van der Waals surface area contributed by atoms with Gasteiger partial charge in [0, 0.05) is 6.20 Å². The number of aliphatic hydroxyl groups excluding tert-OH is 1. The molecule has 0 atom stereocenters. The standard InChI is InChI=1S/C4H5ClN2O/c5-3-1-6-7-4(3)2-8/h1,8H,2H2,(H,6,7)/i/hD. The van der Waals surface area contributed by atoms with E-state index < -0.39 is 0 Å². The summed E-state index contributed by atoms with van der Waals surface area (Å²) >= 11 is 5.48. The van der Waals surface area contributed by atoms with Crippen molar-refractivity contribution in [1.29, 1.82) is 0 Å². The van der Waals surface area contributed by atoms with Gasteiger partial charge in [0.15, 0.2) is 1.41 Å². The minimum Gasteiger partial charge on any atom is -0.390 e. The quantitative estimate of drug-likeness (QED) is 0.588. The normalized spacial score (nSPS) is 11.5. The number of aromatic amines is 1. The minimum absolute atomic E-state index is 0.218. The molecule has 8 heavy (non-hydrogen) atoms. The zero-order valence-corrected chi connectivity index (χ0v) is 4.76. The van der Waals surface area contributed by atoms with Crippen molar-refractivity contribution in [3.63, 3.8) is 0 Å². The molecule has 0 fully saturated rings. The van der Waals surface area contributed by atoms with Crippen LogP contribution in [0, 0.1) is 0 Å². The van der Waals surface area contributed by atoms with Crippen LogP contribution < -0.4 is 0 Å². The Morgan fingerprint density at radius 2 is 2.88 bits per heavy atom. The molecule has 0 bridgehead atoms. The van der Waals surface area contributed by atoms with Gasteiger partial charge in [-0.05, 0) is 0 Å². The van der Waals surface area contributed by atoms with E-state index in [0.29, 0.717) is 10.7 Å². The molecule has 0 saturated carbocycles. The number of nitrogens with zero attached hydrogens (tertiary/aromatic N) is 1. The van der Waals surface area contributed by atoms with Crippen molar-refractivity contribution in [2.24, 2.45) is 0 Å². The van der Waals surface area contributed by atoms with Crippen LogP contribution in [0.25, 0.3) is 0 Å². The van der Waals surface area contributed by atoms with Gasteiger partial charge in [-0.1, -0.05) is 11.6 Å². The van der Waals surface area contributed by atoms with E-state index in [1.165, 1.54) is 6.20 Å². The van der Waals surface area contributed by atoms with Crippen LogP contribution in [0.5, 0.6) is 0 Å². The number of H-pyrrole nitrogens is 1. The van der Waals surface area contributed by atoms with Crippen molar-refractivity contribution >= 4 is 11.6 Å². The summed E-state index contributed by atoms with van der Waals surface area (Å²) in [4.78, 5) is 0. The molecule has 0 saturated heterocycles. The van der Waals surface area contributed by atoms with Crippen LogP contribution in [-0.4, -0.2) is 15.3 Å². The van der Waals surface area contributed by atoms with Crippen LogP contribution in [-0.2, 0) is 6.61 Å². The van der Waals surface area contributed by atoms with E-state index in [4.69, 9.17) is 18.1 Å². The smallest absolute Gasteiger partial charge is 0.189 e. The third-order valence-electron chi connectivity index (χ3n) is 0.775. The summed E-state index contributed by atoms with van der Waals surface area (Å²) in [5.74, 6) is 0. The van der Waals surface area contributed by atoms with Crippen LogP contribution in [0.15, 0.2) is 6.20 Å². The number of aliphatic hydroxyl groups is 1. The Hall–Kier alpha value is -0.540. The minimum atomic E-state index is -0.218. The lowest BCUT2D eigenvalue weighted by Crippen LogP contribution is -1.81. The number of hydrogen-bond acceptors (Lipinski definition) is 2. The monoisotopic (exact) mass is 133 g/mol. The maximum absolute atomic E-state index is 8.49. The van der Waals surface area contributed by atoms with E-state index in [1.54, 1.807) is 0 Å². The summed E-state index contributed by atoms with van der Waals surface area (Å²) in [6.45, 7) is -0.218. The van der Waals surface area contributed by atoms with Crippen LogP contribution in [0.2, 0.25) is 6.43 Å². The number of aromatic nitrogens is 2. The Kier molecular flexibility index (Phi) is 1.17. The lowest BCUT2D eigenvalue weighted by molar-refractivity contribution is 0.277. The number of nitrogens with one attached hydrogen (secondary N) is 1. The van der Waals surface area contributed by atoms with Gasteiger partial charge in [-0.15, -0.1) is 0 Å². The highest BCUT2D eigenvalue weighted by atomic mass is 35.5. The molecule has 1 aromatic rings. The summed E-state index contributed by atoms with van der Waals surface area (Å²) in [5.41, 5.74) is 0.340.